The summed E-state index contributed by atoms with van der Waals surface area (Å²) in [7, 11) is 0. The van der Waals surface area contributed by atoms with E-state index in [0.717, 1.165) is 111 Å². The summed E-state index contributed by atoms with van der Waals surface area (Å²) < 4.78 is 11.3. The summed E-state index contributed by atoms with van der Waals surface area (Å²) in [4.78, 5) is 15.4. The minimum atomic E-state index is 0.784. The van der Waals surface area contributed by atoms with E-state index in [1.54, 1.807) is 0 Å². The predicted molar refractivity (Wildman–Crippen MR) is 293 cm³/mol. The molecule has 0 fully saturated rings. The first-order valence-electron chi connectivity index (χ1n) is 24.0. The average Bonchev–Trinajstić information content (AvgIpc) is 4.10. The first-order valence-corrected chi connectivity index (χ1v) is 24.0. The van der Waals surface area contributed by atoms with Gasteiger partial charge in [0.1, 0.15) is 11.2 Å². The monoisotopic (exact) mass is 905 g/mol. The maximum absolute atomic E-state index is 6.39. The highest BCUT2D eigenvalue weighted by Gasteiger charge is 2.23. The van der Waals surface area contributed by atoms with Gasteiger partial charge in [0.05, 0.1) is 55.9 Å². The normalized spacial score (nSPS) is 11.9. The quantitative estimate of drug-likeness (QED) is 0.167. The van der Waals surface area contributed by atoms with Crippen LogP contribution in [0.4, 0.5) is 0 Å². The van der Waals surface area contributed by atoms with Crippen molar-refractivity contribution in [1.29, 1.82) is 0 Å². The van der Waals surface area contributed by atoms with E-state index in [0.29, 0.717) is 0 Å². The summed E-state index contributed by atoms with van der Waals surface area (Å²) >= 11 is 0. The SMILES string of the molecule is c1ccc(-c2ccc3oc4ccc(-c5cccc(-n6c7ccccc7c7c6ccc6c8ccccc8n(-c8cc(-c9cnc%10ccccc%10c9)nc(-c9ccc%10ccccc%10n9)c8)c67)c5)cc4c3c2)cc1. The highest BCUT2D eigenvalue weighted by atomic mass is 16.3. The zero-order valence-corrected chi connectivity index (χ0v) is 38.2. The van der Waals surface area contributed by atoms with Crippen molar-refractivity contribution in [3.8, 4) is 56.3 Å². The lowest BCUT2D eigenvalue weighted by Crippen LogP contribution is -2.00. The number of pyridine rings is 3. The first kappa shape index (κ1) is 39.4. The molecule has 0 atom stereocenters. The number of hydrogen-bond donors (Lipinski definition) is 0. The maximum atomic E-state index is 6.39. The second kappa shape index (κ2) is 15.4. The highest BCUT2D eigenvalue weighted by molar-refractivity contribution is 6.26. The smallest absolute Gasteiger partial charge is 0.135 e. The van der Waals surface area contributed by atoms with Crippen LogP contribution in [-0.2, 0) is 0 Å². The molecule has 0 saturated carbocycles. The fourth-order valence-electron chi connectivity index (χ4n) is 11.0. The molecule has 71 heavy (non-hydrogen) atoms. The Balaban J connectivity index is 0.948. The molecule has 0 spiro atoms. The van der Waals surface area contributed by atoms with E-state index in [1.165, 1.54) is 32.7 Å². The molecule has 0 aliphatic rings. The van der Waals surface area contributed by atoms with Gasteiger partial charge >= 0.3 is 0 Å². The number of para-hydroxylation sites is 4. The summed E-state index contributed by atoms with van der Waals surface area (Å²) in [6, 6.07) is 82.0. The van der Waals surface area contributed by atoms with Crippen LogP contribution < -0.4 is 0 Å². The number of benzene rings is 9. The number of rotatable bonds is 6. The Hall–Kier alpha value is -9.65. The van der Waals surface area contributed by atoms with Gasteiger partial charge in [-0.05, 0) is 113 Å². The Kier molecular flexibility index (Phi) is 8.56. The standard InChI is InChI=1S/C65H39N5O/c1-2-13-40(14-3-1)43-26-31-62-52(35-43)53-36-44(27-32-63(53)71-62)42-17-12-18-47(34-42)69-60-24-11-7-20-51(60)64-61(69)30-28-50-49-19-6-10-23-59(49)70(65(50)64)48-37-57(46-33-45-16-5-8-21-54(45)66-39-46)68-58(38-48)56-29-25-41-15-4-9-22-55(41)67-56/h1-39H. The van der Waals surface area contributed by atoms with E-state index in [9.17, 15) is 0 Å². The molecule has 6 aromatic heterocycles. The summed E-state index contributed by atoms with van der Waals surface area (Å²) in [5, 5.41) is 9.06. The molecule has 6 heterocycles. The van der Waals surface area contributed by atoms with Crippen LogP contribution in [-0.4, -0.2) is 24.1 Å². The molecule has 6 nitrogen and oxygen atoms in total. The van der Waals surface area contributed by atoms with Crippen LogP contribution in [0.3, 0.4) is 0 Å². The van der Waals surface area contributed by atoms with E-state index in [-0.39, 0.29) is 0 Å². The Labute approximate surface area is 407 Å². The molecule has 15 rings (SSSR count). The minimum Gasteiger partial charge on any atom is -0.456 e. The molecule has 0 saturated heterocycles. The van der Waals surface area contributed by atoms with Gasteiger partial charge in [0.2, 0.25) is 0 Å². The van der Waals surface area contributed by atoms with Crippen molar-refractivity contribution in [3.63, 3.8) is 0 Å². The minimum absolute atomic E-state index is 0.784. The molecular formula is C65H39N5O. The fraction of sp³-hybridized carbons (Fsp3) is 0. The molecule has 330 valence electrons. The average molecular weight is 906 g/mol. The lowest BCUT2D eigenvalue weighted by atomic mass is 10.00. The number of furan rings is 1. The van der Waals surface area contributed by atoms with Crippen LogP contribution in [0.15, 0.2) is 241 Å². The fourth-order valence-corrected chi connectivity index (χ4v) is 11.0. The van der Waals surface area contributed by atoms with Crippen LogP contribution in [0, 0.1) is 0 Å². The lowest BCUT2D eigenvalue weighted by Gasteiger charge is -2.14. The Morgan fingerprint density at radius 1 is 0.324 bits per heavy atom. The van der Waals surface area contributed by atoms with Crippen molar-refractivity contribution in [3.05, 3.63) is 237 Å². The van der Waals surface area contributed by atoms with Crippen LogP contribution in [0.1, 0.15) is 0 Å². The molecule has 0 aliphatic heterocycles. The molecule has 9 aromatic carbocycles. The van der Waals surface area contributed by atoms with E-state index >= 15 is 0 Å². The van der Waals surface area contributed by atoms with Crippen molar-refractivity contribution < 1.29 is 4.42 Å². The summed E-state index contributed by atoms with van der Waals surface area (Å²) in [6.07, 6.45) is 1.94. The van der Waals surface area contributed by atoms with Gasteiger partial charge in [0.15, 0.2) is 0 Å². The van der Waals surface area contributed by atoms with Gasteiger partial charge in [0.25, 0.3) is 0 Å². The van der Waals surface area contributed by atoms with Gasteiger partial charge in [-0.3, -0.25) is 4.98 Å². The van der Waals surface area contributed by atoms with Gasteiger partial charge in [0, 0.05) is 60.5 Å². The van der Waals surface area contributed by atoms with Crippen molar-refractivity contribution >= 4 is 87.4 Å². The molecule has 0 aliphatic carbocycles. The third-order valence-electron chi connectivity index (χ3n) is 14.3. The Morgan fingerprint density at radius 3 is 1.82 bits per heavy atom. The molecule has 0 unspecified atom stereocenters. The van der Waals surface area contributed by atoms with Gasteiger partial charge < -0.3 is 13.6 Å². The Morgan fingerprint density at radius 2 is 0.986 bits per heavy atom. The van der Waals surface area contributed by atoms with Crippen molar-refractivity contribution in [2.75, 3.05) is 0 Å². The van der Waals surface area contributed by atoms with Crippen molar-refractivity contribution in [1.82, 2.24) is 24.1 Å². The topological polar surface area (TPSA) is 61.7 Å². The number of hydrogen-bond acceptors (Lipinski definition) is 4. The Bertz CT molecular complexity index is 4560. The first-order chi connectivity index (χ1) is 35.2. The van der Waals surface area contributed by atoms with Crippen LogP contribution >= 0.6 is 0 Å². The number of nitrogens with zero attached hydrogens (tertiary/aromatic N) is 5. The van der Waals surface area contributed by atoms with E-state index in [1.807, 2.05) is 24.4 Å². The van der Waals surface area contributed by atoms with Gasteiger partial charge in [-0.25, -0.2) is 9.97 Å². The van der Waals surface area contributed by atoms with Crippen LogP contribution in [0.25, 0.3) is 144 Å². The molecule has 0 amide bonds. The largest absolute Gasteiger partial charge is 0.456 e. The summed E-state index contributed by atoms with van der Waals surface area (Å²) in [6.45, 7) is 0. The van der Waals surface area contributed by atoms with Crippen LogP contribution in [0.5, 0.6) is 0 Å². The number of aromatic nitrogens is 5. The second-order valence-electron chi connectivity index (χ2n) is 18.4. The van der Waals surface area contributed by atoms with Gasteiger partial charge in [-0.15, -0.1) is 0 Å². The molecule has 0 bridgehead atoms. The van der Waals surface area contributed by atoms with Crippen LogP contribution in [0.2, 0.25) is 0 Å². The summed E-state index contributed by atoms with van der Waals surface area (Å²) in [5.41, 5.74) is 18.2. The molecule has 15 aromatic rings. The molecule has 0 N–H and O–H groups in total. The zero-order valence-electron chi connectivity index (χ0n) is 38.2. The third-order valence-corrected chi connectivity index (χ3v) is 14.3. The molecular weight excluding hydrogens is 867 g/mol. The maximum Gasteiger partial charge on any atom is 0.135 e. The van der Waals surface area contributed by atoms with Gasteiger partial charge in [-0.1, -0.05) is 140 Å². The predicted octanol–water partition coefficient (Wildman–Crippen LogP) is 16.9. The summed E-state index contributed by atoms with van der Waals surface area (Å²) in [5.74, 6) is 0. The van der Waals surface area contributed by atoms with E-state index in [4.69, 9.17) is 19.4 Å². The zero-order chi connectivity index (χ0) is 46.6. The highest BCUT2D eigenvalue weighted by Crippen LogP contribution is 2.44. The van der Waals surface area contributed by atoms with E-state index in [2.05, 4.69) is 221 Å². The lowest BCUT2D eigenvalue weighted by molar-refractivity contribution is 0.669. The number of fused-ring (bicyclic) bond motifs is 12. The second-order valence-corrected chi connectivity index (χ2v) is 18.4. The molecule has 6 heteroatoms. The van der Waals surface area contributed by atoms with Crippen molar-refractivity contribution in [2.45, 2.75) is 0 Å². The van der Waals surface area contributed by atoms with Gasteiger partial charge in [-0.2, -0.15) is 0 Å². The third kappa shape index (κ3) is 6.25. The van der Waals surface area contributed by atoms with Crippen molar-refractivity contribution in [2.24, 2.45) is 0 Å². The van der Waals surface area contributed by atoms with E-state index < -0.39 is 0 Å². The molecule has 0 radical (unpaired) electrons.